The van der Waals surface area contributed by atoms with Gasteiger partial charge in [0.15, 0.2) is 0 Å². The molecule has 0 bridgehead atoms. The van der Waals surface area contributed by atoms with Crippen LogP contribution in [0.3, 0.4) is 0 Å². The Balaban J connectivity index is -0.00000000500. The van der Waals surface area contributed by atoms with Crippen LogP contribution in [0.15, 0.2) is 0 Å². The van der Waals surface area contributed by atoms with E-state index in [9.17, 15) is 0 Å². The van der Waals surface area contributed by atoms with Gasteiger partial charge in [-0.15, -0.1) is 0 Å². The predicted molar refractivity (Wildman–Crippen MR) is 0.686 cm³/mol. The fourth-order valence-electron chi connectivity index (χ4n) is 0. The Morgan fingerprint density at radius 2 is 1.25 bits per heavy atom. The van der Waals surface area contributed by atoms with Crippen LogP contribution in [-0.4, -0.2) is 0 Å². The monoisotopic (exact) mass is 349 g/mol. The molecule has 0 saturated heterocycles. The maximum Gasteiger partial charge on any atom is 0 e. The van der Waals surface area contributed by atoms with E-state index in [1.807, 2.05) is 0 Å². The topological polar surface area (TPSA) is 17.1 Å². The van der Waals surface area contributed by atoms with Crippen LogP contribution >= 0.6 is 0 Å². The molecule has 0 saturated carbocycles. The third-order valence-electron chi connectivity index (χ3n) is 0. The van der Waals surface area contributed by atoms with Gasteiger partial charge in [-0.05, 0) is 0 Å². The molecule has 0 fully saturated rings. The fraction of sp³-hybridized carbons (Fsp3) is 0. The van der Waals surface area contributed by atoms with Gasteiger partial charge in [-0.25, -0.2) is 0 Å². The summed E-state index contributed by atoms with van der Waals surface area (Å²) < 4.78 is 8.25. The summed E-state index contributed by atoms with van der Waals surface area (Å²) in [5.74, 6) is 0. The van der Waals surface area contributed by atoms with Crippen molar-refractivity contribution in [2.24, 2.45) is 0 Å². The summed E-state index contributed by atoms with van der Waals surface area (Å²) in [5, 5.41) is 0. The second kappa shape index (κ2) is 19.5. The van der Waals surface area contributed by atoms with Crippen LogP contribution in [0.25, 0.3) is 0 Å². The first kappa shape index (κ1) is 16.5. The van der Waals surface area contributed by atoms with Crippen LogP contribution in [-0.2, 0) is 71.0 Å². The standard InChI is InChI=1S/O.Pt.Ti.Zr. The third-order valence-corrected chi connectivity index (χ3v) is 0. The Morgan fingerprint density at radius 3 is 1.25 bits per heavy atom. The molecule has 1 nitrogen and oxygen atoms in total. The van der Waals surface area contributed by atoms with E-state index in [0.29, 0.717) is 0 Å². The molecule has 0 rings (SSSR count). The van der Waals surface area contributed by atoms with E-state index in [4.69, 9.17) is 3.32 Å². The van der Waals surface area contributed by atoms with Crippen LogP contribution in [0.5, 0.6) is 0 Å². The zero-order valence-corrected chi connectivity index (χ0v) is 8.02. The largest absolute Gasteiger partial charge is 0 e. The SMILES string of the molecule is [O]=[Ti].[Pt].[Zr]. The summed E-state index contributed by atoms with van der Waals surface area (Å²) in [5.41, 5.74) is 0. The van der Waals surface area contributed by atoms with E-state index < -0.39 is 0 Å². The van der Waals surface area contributed by atoms with Gasteiger partial charge in [0, 0.05) is 47.3 Å². The first-order valence-corrected chi connectivity index (χ1v) is 0.842. The molecule has 0 N–H and O–H groups in total. The van der Waals surface area contributed by atoms with Gasteiger partial charge in [-0.3, -0.25) is 0 Å². The molecule has 0 atom stereocenters. The molecule has 0 aliphatic heterocycles. The van der Waals surface area contributed by atoms with Crippen LogP contribution in [0, 0.1) is 0 Å². The van der Waals surface area contributed by atoms with Crippen molar-refractivity contribution < 1.29 is 71.0 Å². The molecule has 4 heteroatoms. The Kier molecular flexibility index (Phi) is 80.7. The summed E-state index contributed by atoms with van der Waals surface area (Å²) in [6, 6.07) is 0. The Morgan fingerprint density at radius 1 is 1.25 bits per heavy atom. The quantitative estimate of drug-likeness (QED) is 0.557. The molecule has 0 aromatic carbocycles. The van der Waals surface area contributed by atoms with Gasteiger partial charge >= 0.3 is 23.7 Å². The molecule has 0 unspecified atom stereocenters. The molecule has 0 spiro atoms. The maximum atomic E-state index is 8.25. The van der Waals surface area contributed by atoms with E-state index in [1.54, 1.807) is 0 Å². The summed E-state index contributed by atoms with van der Waals surface area (Å²) in [6.45, 7) is 0. The van der Waals surface area contributed by atoms with Crippen molar-refractivity contribution in [2.75, 3.05) is 0 Å². The summed E-state index contributed by atoms with van der Waals surface area (Å²) in [4.78, 5) is 0. The average Bonchev–Trinajstić information content (AvgIpc) is 1.00. The summed E-state index contributed by atoms with van der Waals surface area (Å²) >= 11 is 0.750. The van der Waals surface area contributed by atoms with Crippen LogP contribution in [0.1, 0.15) is 0 Å². The second-order valence-electron chi connectivity index (χ2n) is 0. The van der Waals surface area contributed by atoms with Crippen molar-refractivity contribution in [3.8, 4) is 0 Å². The number of hydrogen-bond donors (Lipinski definition) is 0. The average molecular weight is 350 g/mol. The molecular weight excluding hydrogens is 350 g/mol. The Bertz CT molecular complexity index is 8.00. The van der Waals surface area contributed by atoms with E-state index >= 15 is 0 Å². The maximum absolute atomic E-state index is 8.25. The molecule has 0 amide bonds. The van der Waals surface area contributed by atoms with Crippen molar-refractivity contribution in [1.82, 2.24) is 0 Å². The molecule has 0 aromatic rings. The minimum absolute atomic E-state index is 0. The van der Waals surface area contributed by atoms with Crippen molar-refractivity contribution in [3.63, 3.8) is 0 Å². The molecular formula is OPtTiZr. The van der Waals surface area contributed by atoms with E-state index in [1.165, 1.54) is 0 Å². The molecule has 0 radical (unpaired) electrons. The normalized spacial score (nSPS) is 0.750. The molecule has 0 aliphatic rings. The summed E-state index contributed by atoms with van der Waals surface area (Å²) in [6.07, 6.45) is 0. The van der Waals surface area contributed by atoms with Crippen molar-refractivity contribution in [2.45, 2.75) is 0 Å². The van der Waals surface area contributed by atoms with E-state index in [-0.39, 0.29) is 47.3 Å². The van der Waals surface area contributed by atoms with Gasteiger partial charge in [-0.1, -0.05) is 0 Å². The van der Waals surface area contributed by atoms with Crippen molar-refractivity contribution in [1.29, 1.82) is 0 Å². The second-order valence-corrected chi connectivity index (χ2v) is 0. The molecule has 0 aliphatic carbocycles. The predicted octanol–water partition coefficient (Wildman–Crippen LogP) is -0.126. The number of hydrogen-bond acceptors (Lipinski definition) is 1. The van der Waals surface area contributed by atoms with Gasteiger partial charge in [0.2, 0.25) is 0 Å². The van der Waals surface area contributed by atoms with Crippen molar-refractivity contribution >= 4 is 0 Å². The van der Waals surface area contributed by atoms with Gasteiger partial charge in [0.05, 0.1) is 0 Å². The smallest absolute Gasteiger partial charge is 0 e. The van der Waals surface area contributed by atoms with Crippen LogP contribution in [0.4, 0.5) is 0 Å². The van der Waals surface area contributed by atoms with Crippen LogP contribution in [0.2, 0.25) is 0 Å². The molecule has 4 heavy (non-hydrogen) atoms. The van der Waals surface area contributed by atoms with Gasteiger partial charge in [0.25, 0.3) is 0 Å². The minimum Gasteiger partial charge on any atom is 0 e. The van der Waals surface area contributed by atoms with Crippen molar-refractivity contribution in [3.05, 3.63) is 0 Å². The first-order chi connectivity index (χ1) is 1.00. The van der Waals surface area contributed by atoms with E-state index in [2.05, 4.69) is 0 Å². The van der Waals surface area contributed by atoms with Gasteiger partial charge in [0.1, 0.15) is 0 Å². The summed E-state index contributed by atoms with van der Waals surface area (Å²) in [7, 11) is 0. The molecule has 0 aromatic heterocycles. The number of rotatable bonds is 0. The van der Waals surface area contributed by atoms with E-state index in [0.717, 1.165) is 20.4 Å². The Labute approximate surface area is 70.0 Å². The zero-order valence-electron chi connectivity index (χ0n) is 1.72. The molecule has 24 valence electrons. The van der Waals surface area contributed by atoms with Gasteiger partial charge < -0.3 is 0 Å². The first-order valence-electron chi connectivity index (χ1n) is 0.204. The van der Waals surface area contributed by atoms with Gasteiger partial charge in [-0.2, -0.15) is 0 Å². The Hall–Kier alpha value is 2.09. The third kappa shape index (κ3) is 8.94. The zero-order chi connectivity index (χ0) is 2.00. The van der Waals surface area contributed by atoms with Crippen LogP contribution < -0.4 is 0 Å². The minimum atomic E-state index is 0. The fourth-order valence-corrected chi connectivity index (χ4v) is 0. The molecule has 0 heterocycles.